The molecule has 9 nitrogen and oxygen atoms in total. The van der Waals surface area contributed by atoms with Crippen LogP contribution < -0.4 is 9.47 Å². The van der Waals surface area contributed by atoms with E-state index in [2.05, 4.69) is 19.6 Å². The lowest BCUT2D eigenvalue weighted by Gasteiger charge is -2.20. The molecule has 2 aliphatic heterocycles. The molecule has 0 bridgehead atoms. The molecule has 0 unspecified atom stereocenters. The molecule has 188 valence electrons. The molecule has 0 saturated heterocycles. The summed E-state index contributed by atoms with van der Waals surface area (Å²) in [5.41, 5.74) is 2.79. The molecule has 1 N–H and O–H groups in total. The number of nitrogens with one attached hydrogen (secondary N) is 1. The number of amidine groups is 2. The molecule has 0 spiro atoms. The lowest BCUT2D eigenvalue weighted by Crippen LogP contribution is -2.35. The molecule has 4 aromatic rings. The van der Waals surface area contributed by atoms with Gasteiger partial charge in [-0.3, -0.25) is 15.2 Å². The van der Waals surface area contributed by atoms with Crippen LogP contribution in [0.3, 0.4) is 0 Å². The van der Waals surface area contributed by atoms with Crippen molar-refractivity contribution in [1.29, 1.82) is 5.41 Å². The maximum atomic E-state index is 13.0. The summed E-state index contributed by atoms with van der Waals surface area (Å²) in [6.07, 6.45) is 7.06. The van der Waals surface area contributed by atoms with E-state index in [0.717, 1.165) is 22.0 Å². The van der Waals surface area contributed by atoms with Crippen LogP contribution in [0.4, 0.5) is 0 Å². The number of hydrogen-bond donors (Lipinski definition) is 1. The lowest BCUT2D eigenvalue weighted by atomic mass is 10.1. The molecule has 1 amide bonds. The van der Waals surface area contributed by atoms with Crippen molar-refractivity contribution in [3.8, 4) is 11.5 Å². The summed E-state index contributed by atoms with van der Waals surface area (Å²) in [5.74, 6) is 0.882. The Hall–Kier alpha value is -4.70. The van der Waals surface area contributed by atoms with Gasteiger partial charge in [0.2, 0.25) is 5.17 Å². The first-order chi connectivity index (χ1) is 18.6. The fourth-order valence-corrected chi connectivity index (χ4v) is 5.20. The third-order valence-electron chi connectivity index (χ3n) is 6.14. The van der Waals surface area contributed by atoms with Crippen LogP contribution >= 0.6 is 11.8 Å². The van der Waals surface area contributed by atoms with E-state index < -0.39 is 5.91 Å². The molecule has 2 aromatic carbocycles. The normalized spacial score (nSPS) is 16.0. The van der Waals surface area contributed by atoms with Gasteiger partial charge in [0.25, 0.3) is 5.91 Å². The maximum Gasteiger partial charge on any atom is 0.283 e. The number of aliphatic imine (C=N–C) groups is 1. The predicted octanol–water partition coefficient (Wildman–Crippen LogP) is 4.79. The smallest absolute Gasteiger partial charge is 0.283 e. The van der Waals surface area contributed by atoms with Crippen molar-refractivity contribution in [3.05, 3.63) is 96.0 Å². The topological polar surface area (TPSA) is 105 Å². The number of fused-ring (bicyclic) bond motifs is 2. The van der Waals surface area contributed by atoms with Crippen LogP contribution in [0.25, 0.3) is 17.0 Å². The number of benzene rings is 2. The number of pyridine rings is 1. The summed E-state index contributed by atoms with van der Waals surface area (Å²) in [7, 11) is 1.62. The van der Waals surface area contributed by atoms with Gasteiger partial charge in [0, 0.05) is 40.6 Å². The van der Waals surface area contributed by atoms with Crippen LogP contribution in [-0.4, -0.2) is 50.2 Å². The van der Waals surface area contributed by atoms with Gasteiger partial charge in [0.05, 0.1) is 19.2 Å². The van der Waals surface area contributed by atoms with Crippen LogP contribution in [0.1, 0.15) is 11.1 Å². The number of ether oxygens (including phenoxy) is 2. The van der Waals surface area contributed by atoms with E-state index in [9.17, 15) is 4.79 Å². The lowest BCUT2D eigenvalue weighted by molar-refractivity contribution is -0.114. The molecule has 6 rings (SSSR count). The Labute approximate surface area is 222 Å². The van der Waals surface area contributed by atoms with E-state index in [-0.39, 0.29) is 11.4 Å². The fourth-order valence-electron chi connectivity index (χ4n) is 4.32. The summed E-state index contributed by atoms with van der Waals surface area (Å²) in [6, 6.07) is 19.2. The van der Waals surface area contributed by atoms with Crippen LogP contribution in [-0.2, 0) is 11.3 Å². The standard InChI is InChI=1S/C28H22N6O3S/c1-36-23-10-4-5-11-24(23)37-14-13-33-17-19(20-8-2-3-9-22(20)33)15-21-25(29)34-28(31-26(21)35)38-27(32-34)18-7-6-12-30-16-18/h2-12,15-17,29H,13-14H2,1H3/b21-15+,29-25?. The Bertz CT molecular complexity index is 1660. The largest absolute Gasteiger partial charge is 0.493 e. The van der Waals surface area contributed by atoms with Crippen molar-refractivity contribution >= 4 is 50.7 Å². The highest BCUT2D eigenvalue weighted by atomic mass is 32.2. The average molecular weight is 523 g/mol. The minimum atomic E-state index is -0.465. The third-order valence-corrected chi connectivity index (χ3v) is 7.10. The molecular weight excluding hydrogens is 500 g/mol. The Balaban J connectivity index is 1.28. The first kappa shape index (κ1) is 23.7. The monoisotopic (exact) mass is 522 g/mol. The minimum absolute atomic E-state index is 0.0114. The Kier molecular flexibility index (Phi) is 6.22. The van der Waals surface area contributed by atoms with Gasteiger partial charge in [-0.05, 0) is 48.2 Å². The number of nitrogens with zero attached hydrogens (tertiary/aromatic N) is 5. The fraction of sp³-hybridized carbons (Fsp3) is 0.107. The molecule has 0 radical (unpaired) electrons. The summed E-state index contributed by atoms with van der Waals surface area (Å²) in [4.78, 5) is 21.3. The molecule has 0 aliphatic carbocycles. The van der Waals surface area contributed by atoms with Crippen LogP contribution in [0.2, 0.25) is 0 Å². The average Bonchev–Trinajstić information content (AvgIpc) is 3.54. The second kappa shape index (κ2) is 9.98. The first-order valence-electron chi connectivity index (χ1n) is 11.9. The van der Waals surface area contributed by atoms with E-state index >= 15 is 0 Å². The summed E-state index contributed by atoms with van der Waals surface area (Å²) in [5, 5.41) is 16.7. The van der Waals surface area contributed by atoms with Crippen LogP contribution in [0.15, 0.2) is 94.9 Å². The predicted molar refractivity (Wildman–Crippen MR) is 149 cm³/mol. The molecule has 0 saturated carbocycles. The van der Waals surface area contributed by atoms with Crippen molar-refractivity contribution in [2.75, 3.05) is 13.7 Å². The number of carbonyl (C=O) groups excluding carboxylic acids is 1. The third kappa shape index (κ3) is 4.35. The van der Waals surface area contributed by atoms with Gasteiger partial charge in [-0.2, -0.15) is 15.1 Å². The zero-order chi connectivity index (χ0) is 26.1. The molecule has 4 heterocycles. The SMILES string of the molecule is COc1ccccc1OCCn1cc(/C=C2\C(=N)N3N=C(c4cccnc4)SC3=NC2=O)c2ccccc21. The number of carbonyl (C=O) groups is 1. The van der Waals surface area contributed by atoms with Crippen LogP contribution in [0.5, 0.6) is 11.5 Å². The Morgan fingerprint density at radius 1 is 1.05 bits per heavy atom. The van der Waals surface area contributed by atoms with Crippen molar-refractivity contribution in [1.82, 2.24) is 14.6 Å². The van der Waals surface area contributed by atoms with Crippen molar-refractivity contribution in [2.45, 2.75) is 6.54 Å². The zero-order valence-electron chi connectivity index (χ0n) is 20.4. The van der Waals surface area contributed by atoms with Gasteiger partial charge < -0.3 is 14.0 Å². The molecule has 10 heteroatoms. The van der Waals surface area contributed by atoms with Gasteiger partial charge >= 0.3 is 0 Å². The van der Waals surface area contributed by atoms with Crippen LogP contribution in [0, 0.1) is 5.41 Å². The van der Waals surface area contributed by atoms with E-state index in [1.807, 2.05) is 66.9 Å². The zero-order valence-corrected chi connectivity index (χ0v) is 21.2. The Morgan fingerprint density at radius 3 is 2.68 bits per heavy atom. The number of aromatic nitrogens is 2. The van der Waals surface area contributed by atoms with E-state index in [1.54, 1.807) is 25.6 Å². The quantitative estimate of drug-likeness (QED) is 0.350. The van der Waals surface area contributed by atoms with Gasteiger partial charge in [0.1, 0.15) is 11.7 Å². The number of para-hydroxylation sites is 3. The maximum absolute atomic E-state index is 13.0. The second-order valence-corrected chi connectivity index (χ2v) is 9.42. The Morgan fingerprint density at radius 2 is 1.87 bits per heavy atom. The van der Waals surface area contributed by atoms with E-state index in [4.69, 9.17) is 14.9 Å². The highest BCUT2D eigenvalue weighted by molar-refractivity contribution is 8.27. The van der Waals surface area contributed by atoms with Gasteiger partial charge in [0.15, 0.2) is 17.3 Å². The van der Waals surface area contributed by atoms with Gasteiger partial charge in [-0.1, -0.05) is 30.3 Å². The molecule has 2 aromatic heterocycles. The van der Waals surface area contributed by atoms with Crippen molar-refractivity contribution in [3.63, 3.8) is 0 Å². The van der Waals surface area contributed by atoms with Crippen molar-refractivity contribution < 1.29 is 14.3 Å². The van der Waals surface area contributed by atoms with Crippen molar-refractivity contribution in [2.24, 2.45) is 10.1 Å². The highest BCUT2D eigenvalue weighted by Crippen LogP contribution is 2.32. The molecular formula is C28H22N6O3S. The number of hydrogen-bond acceptors (Lipinski definition) is 7. The highest BCUT2D eigenvalue weighted by Gasteiger charge is 2.36. The number of hydrazone groups is 1. The molecule has 38 heavy (non-hydrogen) atoms. The number of methoxy groups -OCH3 is 1. The summed E-state index contributed by atoms with van der Waals surface area (Å²) < 4.78 is 13.4. The second-order valence-electron chi connectivity index (χ2n) is 8.46. The van der Waals surface area contributed by atoms with Gasteiger partial charge in [-0.25, -0.2) is 0 Å². The van der Waals surface area contributed by atoms with E-state index in [1.165, 1.54) is 16.8 Å². The summed E-state index contributed by atoms with van der Waals surface area (Å²) in [6.45, 7) is 1.01. The number of rotatable bonds is 7. The summed E-state index contributed by atoms with van der Waals surface area (Å²) >= 11 is 1.25. The molecule has 2 aliphatic rings. The molecule has 0 fully saturated rings. The first-order valence-corrected chi connectivity index (χ1v) is 12.7. The van der Waals surface area contributed by atoms with E-state index in [0.29, 0.717) is 34.9 Å². The minimum Gasteiger partial charge on any atom is -0.493 e. The van der Waals surface area contributed by atoms with Gasteiger partial charge in [-0.15, -0.1) is 0 Å². The molecule has 0 atom stereocenters. The number of amides is 1. The number of thioether (sulfide) groups is 1.